The molecule has 1 amide bonds. The number of rotatable bonds is 7. The Morgan fingerprint density at radius 3 is 2.56 bits per heavy atom. The number of nitrogens with zero attached hydrogens (tertiary/aromatic N) is 1. The molecule has 0 aliphatic rings. The minimum absolute atomic E-state index is 0.229. The maximum absolute atomic E-state index is 12.6. The molecule has 0 saturated carbocycles. The minimum Gasteiger partial charge on any atom is -0.494 e. The molecule has 3 aromatic carbocycles. The molecule has 162 valence electrons. The van der Waals surface area contributed by atoms with E-state index in [1.807, 2.05) is 42.5 Å². The quantitative estimate of drug-likeness (QED) is 0.251. The first-order chi connectivity index (χ1) is 15.6. The summed E-state index contributed by atoms with van der Waals surface area (Å²) in [6.45, 7) is 2.79. The third-order valence-corrected chi connectivity index (χ3v) is 6.08. The molecular formula is C25H23N3O2S2. The van der Waals surface area contributed by atoms with Gasteiger partial charge in [-0.2, -0.15) is 0 Å². The number of para-hydroxylation sites is 2. The zero-order chi connectivity index (χ0) is 22.3. The number of hydrogen-bond donors (Lipinski definition) is 2. The molecule has 0 bridgehead atoms. The Bertz CT molecular complexity index is 1200. The number of ether oxygens (including phenoxy) is 1. The van der Waals surface area contributed by atoms with Crippen molar-refractivity contribution in [1.82, 2.24) is 10.3 Å². The van der Waals surface area contributed by atoms with Gasteiger partial charge in [-0.15, -0.1) is 11.3 Å². The van der Waals surface area contributed by atoms with Gasteiger partial charge in [-0.25, -0.2) is 4.98 Å². The Labute approximate surface area is 196 Å². The summed E-state index contributed by atoms with van der Waals surface area (Å²) in [7, 11) is 0. The summed E-state index contributed by atoms with van der Waals surface area (Å²) in [5, 5.41) is 7.01. The van der Waals surface area contributed by atoms with E-state index in [2.05, 4.69) is 23.6 Å². The second-order valence-electron chi connectivity index (χ2n) is 7.17. The van der Waals surface area contributed by atoms with E-state index in [-0.39, 0.29) is 11.0 Å². The Morgan fingerprint density at radius 2 is 1.78 bits per heavy atom. The molecule has 5 nitrogen and oxygen atoms in total. The van der Waals surface area contributed by atoms with Gasteiger partial charge in [0, 0.05) is 11.1 Å². The van der Waals surface area contributed by atoms with E-state index in [0.29, 0.717) is 12.2 Å². The third-order valence-electron chi connectivity index (χ3n) is 4.81. The Balaban J connectivity index is 1.43. The van der Waals surface area contributed by atoms with Crippen molar-refractivity contribution in [1.29, 1.82) is 0 Å². The van der Waals surface area contributed by atoms with Crippen LogP contribution < -0.4 is 15.4 Å². The number of aromatic nitrogens is 1. The highest BCUT2D eigenvalue weighted by atomic mass is 32.1. The van der Waals surface area contributed by atoms with Gasteiger partial charge in [0.2, 0.25) is 0 Å². The lowest BCUT2D eigenvalue weighted by atomic mass is 10.2. The van der Waals surface area contributed by atoms with Crippen molar-refractivity contribution in [2.24, 2.45) is 0 Å². The first-order valence-electron chi connectivity index (χ1n) is 10.4. The number of fused-ring (bicyclic) bond motifs is 1. The van der Waals surface area contributed by atoms with Crippen molar-refractivity contribution in [3.63, 3.8) is 0 Å². The number of thiocarbonyl (C=S) groups is 1. The van der Waals surface area contributed by atoms with Crippen LogP contribution in [0.2, 0.25) is 0 Å². The van der Waals surface area contributed by atoms with Crippen LogP contribution in [-0.2, 0) is 0 Å². The van der Waals surface area contributed by atoms with Crippen LogP contribution in [0.25, 0.3) is 20.8 Å². The molecule has 0 fully saturated rings. The fourth-order valence-corrected chi connectivity index (χ4v) is 4.34. The van der Waals surface area contributed by atoms with Crippen LogP contribution in [0.15, 0.2) is 72.8 Å². The molecule has 4 rings (SSSR count). The number of nitrogens with one attached hydrogen (secondary N) is 2. The summed E-state index contributed by atoms with van der Waals surface area (Å²) < 4.78 is 6.76. The number of hydrogen-bond acceptors (Lipinski definition) is 5. The van der Waals surface area contributed by atoms with E-state index in [4.69, 9.17) is 21.9 Å². The number of carbonyl (C=O) groups is 1. The standard InChI is InChI=1S/C25H23N3O2S2/c1-2-3-16-30-18-14-12-17(13-15-18)23(29)28-25(31)27-20-9-5-4-8-19(20)24-26-21-10-6-7-11-22(21)32-24/h4-15H,2-3,16H2,1H3,(H2,27,28,29,31). The smallest absolute Gasteiger partial charge is 0.257 e. The van der Waals surface area contributed by atoms with Crippen LogP contribution >= 0.6 is 23.6 Å². The fraction of sp³-hybridized carbons (Fsp3) is 0.160. The van der Waals surface area contributed by atoms with Crippen LogP contribution in [0.5, 0.6) is 5.75 Å². The first kappa shape index (κ1) is 21.9. The number of unbranched alkanes of at least 4 members (excludes halogenated alkanes) is 1. The van der Waals surface area contributed by atoms with Crippen molar-refractivity contribution in [2.45, 2.75) is 19.8 Å². The van der Waals surface area contributed by atoms with Gasteiger partial charge in [-0.3, -0.25) is 10.1 Å². The van der Waals surface area contributed by atoms with Gasteiger partial charge < -0.3 is 10.1 Å². The second-order valence-corrected chi connectivity index (χ2v) is 8.61. The SMILES string of the molecule is CCCCOc1ccc(C(=O)NC(=S)Nc2ccccc2-c2nc3ccccc3s2)cc1. The largest absolute Gasteiger partial charge is 0.494 e. The van der Waals surface area contributed by atoms with Crippen molar-refractivity contribution < 1.29 is 9.53 Å². The van der Waals surface area contributed by atoms with Gasteiger partial charge in [-0.1, -0.05) is 37.6 Å². The second kappa shape index (κ2) is 10.3. The van der Waals surface area contributed by atoms with Gasteiger partial charge in [0.25, 0.3) is 5.91 Å². The maximum atomic E-state index is 12.6. The molecule has 0 saturated heterocycles. The van der Waals surface area contributed by atoms with Crippen LogP contribution in [0.4, 0.5) is 5.69 Å². The average Bonchev–Trinajstić information content (AvgIpc) is 3.24. The van der Waals surface area contributed by atoms with E-state index in [1.54, 1.807) is 35.6 Å². The van der Waals surface area contributed by atoms with Gasteiger partial charge in [0.1, 0.15) is 10.8 Å². The third kappa shape index (κ3) is 5.30. The molecule has 2 N–H and O–H groups in total. The van der Waals surface area contributed by atoms with Crippen molar-refractivity contribution in [3.8, 4) is 16.3 Å². The number of carbonyl (C=O) groups excluding carboxylic acids is 1. The molecule has 1 aromatic heterocycles. The van der Waals surface area contributed by atoms with Gasteiger partial charge in [0.15, 0.2) is 5.11 Å². The van der Waals surface area contributed by atoms with E-state index in [9.17, 15) is 4.79 Å². The topological polar surface area (TPSA) is 63.2 Å². The van der Waals surface area contributed by atoms with Gasteiger partial charge >= 0.3 is 0 Å². The summed E-state index contributed by atoms with van der Waals surface area (Å²) in [5.74, 6) is 0.473. The average molecular weight is 462 g/mol. The zero-order valence-electron chi connectivity index (χ0n) is 17.6. The number of benzene rings is 3. The Kier molecular flexibility index (Phi) is 7.09. The van der Waals surface area contributed by atoms with Crippen molar-refractivity contribution in [2.75, 3.05) is 11.9 Å². The molecule has 32 heavy (non-hydrogen) atoms. The normalized spacial score (nSPS) is 10.7. The molecule has 7 heteroatoms. The molecule has 0 aliphatic heterocycles. The van der Waals surface area contributed by atoms with Crippen molar-refractivity contribution in [3.05, 3.63) is 78.4 Å². The monoisotopic (exact) mass is 461 g/mol. The van der Waals surface area contributed by atoms with Crippen LogP contribution in [0, 0.1) is 0 Å². The lowest BCUT2D eigenvalue weighted by Gasteiger charge is -2.12. The number of anilines is 1. The highest BCUT2D eigenvalue weighted by molar-refractivity contribution is 7.80. The molecule has 1 heterocycles. The number of thiazole rings is 1. The zero-order valence-corrected chi connectivity index (χ0v) is 19.3. The molecule has 0 unspecified atom stereocenters. The predicted molar refractivity (Wildman–Crippen MR) is 136 cm³/mol. The molecule has 4 aromatic rings. The minimum atomic E-state index is -0.278. The maximum Gasteiger partial charge on any atom is 0.257 e. The van der Waals surface area contributed by atoms with E-state index >= 15 is 0 Å². The highest BCUT2D eigenvalue weighted by Gasteiger charge is 2.13. The molecule has 0 aliphatic carbocycles. The lowest BCUT2D eigenvalue weighted by Crippen LogP contribution is -2.34. The molecule has 0 spiro atoms. The summed E-state index contributed by atoms with van der Waals surface area (Å²) >= 11 is 7.01. The Hall–Kier alpha value is -3.29. The highest BCUT2D eigenvalue weighted by Crippen LogP contribution is 2.34. The number of amides is 1. The van der Waals surface area contributed by atoms with Crippen molar-refractivity contribution >= 4 is 50.5 Å². The summed E-state index contributed by atoms with van der Waals surface area (Å²) in [6.07, 6.45) is 2.08. The van der Waals surface area contributed by atoms with Crippen LogP contribution in [0.1, 0.15) is 30.1 Å². The first-order valence-corrected chi connectivity index (χ1v) is 11.7. The molecule has 0 atom stereocenters. The van der Waals surface area contributed by atoms with Crippen LogP contribution in [-0.4, -0.2) is 22.6 Å². The lowest BCUT2D eigenvalue weighted by molar-refractivity contribution is 0.0977. The van der Waals surface area contributed by atoms with Gasteiger partial charge in [-0.05, 0) is 67.2 Å². The fourth-order valence-electron chi connectivity index (χ4n) is 3.13. The Morgan fingerprint density at radius 1 is 1.03 bits per heavy atom. The molecular weight excluding hydrogens is 438 g/mol. The molecule has 0 radical (unpaired) electrons. The summed E-state index contributed by atoms with van der Waals surface area (Å²) in [5.41, 5.74) is 3.19. The van der Waals surface area contributed by atoms with E-state index < -0.39 is 0 Å². The predicted octanol–water partition coefficient (Wildman–Crippen LogP) is 6.27. The van der Waals surface area contributed by atoms with Crippen LogP contribution in [0.3, 0.4) is 0 Å². The summed E-state index contributed by atoms with van der Waals surface area (Å²) in [6, 6.07) is 22.9. The summed E-state index contributed by atoms with van der Waals surface area (Å²) in [4.78, 5) is 17.3. The van der Waals surface area contributed by atoms with E-state index in [1.165, 1.54) is 0 Å². The van der Waals surface area contributed by atoms with Gasteiger partial charge in [0.05, 0.1) is 22.5 Å². The van der Waals surface area contributed by atoms with E-state index in [0.717, 1.165) is 45.1 Å².